The zero-order chi connectivity index (χ0) is 16.3. The Morgan fingerprint density at radius 3 is 2.45 bits per heavy atom. The lowest BCUT2D eigenvalue weighted by atomic mass is 10.0. The van der Waals surface area contributed by atoms with E-state index in [9.17, 15) is 14.9 Å². The molecule has 1 heterocycles. The highest BCUT2D eigenvalue weighted by atomic mass is 16.6. The average Bonchev–Trinajstić information content (AvgIpc) is 2.46. The van der Waals surface area contributed by atoms with Gasteiger partial charge in [-0.3, -0.25) is 4.79 Å². The summed E-state index contributed by atoms with van der Waals surface area (Å²) >= 11 is 0. The van der Waals surface area contributed by atoms with Crippen LogP contribution in [-0.2, 0) is 0 Å². The monoisotopic (exact) mass is 299 g/mol. The number of benzene rings is 1. The molecule has 0 saturated carbocycles. The van der Waals surface area contributed by atoms with Gasteiger partial charge in [-0.15, -0.1) is 0 Å². The fourth-order valence-corrected chi connectivity index (χ4v) is 1.92. The number of hydrogen-bond acceptors (Lipinski definition) is 4. The van der Waals surface area contributed by atoms with Crippen LogP contribution >= 0.6 is 0 Å². The van der Waals surface area contributed by atoms with Gasteiger partial charge in [0.2, 0.25) is 0 Å². The smallest absolute Gasteiger partial charge is 0.358 e. The number of carbonyl (C=O) groups is 1. The molecule has 0 aliphatic rings. The predicted molar refractivity (Wildman–Crippen MR) is 83.5 cm³/mol. The Balaban J connectivity index is 2.28. The Morgan fingerprint density at radius 1 is 1.18 bits per heavy atom. The Morgan fingerprint density at radius 2 is 1.91 bits per heavy atom. The molecule has 1 N–H and O–H groups in total. The molecule has 1 amide bonds. The van der Waals surface area contributed by atoms with E-state index in [0.717, 1.165) is 11.1 Å². The van der Waals surface area contributed by atoms with Crippen molar-refractivity contribution in [2.24, 2.45) is 0 Å². The fraction of sp³-hybridized carbons (Fsp3) is 0.250. The number of hydrogen-bond donors (Lipinski definition) is 1. The van der Waals surface area contributed by atoms with Crippen LogP contribution in [0.5, 0.6) is 0 Å². The van der Waals surface area contributed by atoms with Crippen molar-refractivity contribution in [1.29, 1.82) is 0 Å². The summed E-state index contributed by atoms with van der Waals surface area (Å²) in [4.78, 5) is 26.0. The Bertz CT molecular complexity index is 703. The van der Waals surface area contributed by atoms with E-state index in [0.29, 0.717) is 5.56 Å². The Kier molecular flexibility index (Phi) is 4.21. The highest BCUT2D eigenvalue weighted by molar-refractivity contribution is 5.95. The number of amides is 1. The van der Waals surface area contributed by atoms with Gasteiger partial charge in [0.15, 0.2) is 0 Å². The van der Waals surface area contributed by atoms with Gasteiger partial charge >= 0.3 is 5.82 Å². The Labute approximate surface area is 128 Å². The summed E-state index contributed by atoms with van der Waals surface area (Å²) in [6.07, 6.45) is 1.43. The number of aromatic nitrogens is 1. The number of rotatable bonds is 3. The second-order valence-corrected chi connectivity index (χ2v) is 5.95. The predicted octanol–water partition coefficient (Wildman–Crippen LogP) is 3.19. The van der Waals surface area contributed by atoms with Gasteiger partial charge in [0.1, 0.15) is 6.20 Å². The lowest BCUT2D eigenvalue weighted by Crippen LogP contribution is -2.40. The molecule has 1 aromatic carbocycles. The third-order valence-corrected chi connectivity index (χ3v) is 2.88. The zero-order valence-corrected chi connectivity index (χ0v) is 12.7. The van der Waals surface area contributed by atoms with Gasteiger partial charge in [0.05, 0.1) is 0 Å². The van der Waals surface area contributed by atoms with E-state index in [1.54, 1.807) is 24.3 Å². The van der Waals surface area contributed by atoms with E-state index in [-0.39, 0.29) is 17.3 Å². The second kappa shape index (κ2) is 5.93. The molecular weight excluding hydrogens is 282 g/mol. The van der Waals surface area contributed by atoms with Gasteiger partial charge in [-0.1, -0.05) is 12.1 Å². The molecule has 0 bridgehead atoms. The van der Waals surface area contributed by atoms with Crippen molar-refractivity contribution < 1.29 is 9.72 Å². The van der Waals surface area contributed by atoms with Crippen molar-refractivity contribution in [1.82, 2.24) is 10.3 Å². The van der Waals surface area contributed by atoms with E-state index in [2.05, 4.69) is 10.3 Å². The first-order valence-corrected chi connectivity index (χ1v) is 6.80. The molecule has 0 aliphatic carbocycles. The van der Waals surface area contributed by atoms with Crippen molar-refractivity contribution in [2.45, 2.75) is 26.3 Å². The molecule has 1 aromatic heterocycles. The van der Waals surface area contributed by atoms with Crippen LogP contribution in [-0.4, -0.2) is 21.4 Å². The summed E-state index contributed by atoms with van der Waals surface area (Å²) in [6.45, 7) is 5.74. The van der Waals surface area contributed by atoms with Crippen molar-refractivity contribution in [2.75, 3.05) is 0 Å². The van der Waals surface area contributed by atoms with E-state index in [4.69, 9.17) is 0 Å². The van der Waals surface area contributed by atoms with Gasteiger partial charge in [-0.2, -0.15) is 0 Å². The maximum atomic E-state index is 12.2. The molecule has 2 rings (SSSR count). The molecule has 6 nitrogen and oxygen atoms in total. The molecule has 0 unspecified atom stereocenters. The minimum absolute atomic E-state index is 0.163. The van der Waals surface area contributed by atoms with Crippen LogP contribution in [0.1, 0.15) is 31.1 Å². The number of nitrogens with zero attached hydrogens (tertiary/aromatic N) is 2. The minimum Gasteiger partial charge on any atom is -0.358 e. The summed E-state index contributed by atoms with van der Waals surface area (Å²) in [5.74, 6) is -0.366. The summed E-state index contributed by atoms with van der Waals surface area (Å²) in [5.41, 5.74) is 1.72. The number of nitrogens with one attached hydrogen (secondary N) is 1. The molecule has 0 fully saturated rings. The van der Waals surface area contributed by atoms with Gasteiger partial charge in [-0.05, 0) is 54.4 Å². The number of carbonyl (C=O) groups excluding carboxylic acids is 1. The molecule has 22 heavy (non-hydrogen) atoms. The van der Waals surface area contributed by atoms with Crippen LogP contribution in [0.2, 0.25) is 0 Å². The van der Waals surface area contributed by atoms with Crippen molar-refractivity contribution >= 4 is 11.7 Å². The normalized spacial score (nSPS) is 11.0. The first kappa shape index (κ1) is 15.6. The van der Waals surface area contributed by atoms with Gasteiger partial charge in [-0.25, -0.2) is 0 Å². The summed E-state index contributed by atoms with van der Waals surface area (Å²) in [7, 11) is 0. The SMILES string of the molecule is CC(C)(C)NC(=O)c1cccc(-c2ccc([N+](=O)[O-])nc2)c1. The van der Waals surface area contributed by atoms with Crippen LogP contribution in [0.3, 0.4) is 0 Å². The summed E-state index contributed by atoms with van der Waals surface area (Å²) in [5, 5.41) is 13.5. The van der Waals surface area contributed by atoms with Crippen LogP contribution < -0.4 is 5.32 Å². The molecule has 0 saturated heterocycles. The Hall–Kier alpha value is -2.76. The van der Waals surface area contributed by atoms with Crippen LogP contribution in [0.4, 0.5) is 5.82 Å². The molecule has 114 valence electrons. The quantitative estimate of drug-likeness (QED) is 0.696. The average molecular weight is 299 g/mol. The van der Waals surface area contributed by atoms with E-state index >= 15 is 0 Å². The number of nitro groups is 1. The second-order valence-electron chi connectivity index (χ2n) is 5.95. The van der Waals surface area contributed by atoms with Crippen LogP contribution in [0.15, 0.2) is 42.6 Å². The molecule has 0 radical (unpaired) electrons. The molecular formula is C16H17N3O3. The molecule has 0 spiro atoms. The van der Waals surface area contributed by atoms with Crippen LogP contribution in [0, 0.1) is 10.1 Å². The van der Waals surface area contributed by atoms with Gasteiger partial charge in [0, 0.05) is 22.7 Å². The maximum absolute atomic E-state index is 12.2. The third kappa shape index (κ3) is 3.88. The van der Waals surface area contributed by atoms with Crippen molar-refractivity contribution in [3.05, 3.63) is 58.3 Å². The van der Waals surface area contributed by atoms with E-state index < -0.39 is 4.92 Å². The molecule has 6 heteroatoms. The largest absolute Gasteiger partial charge is 0.363 e. The van der Waals surface area contributed by atoms with E-state index in [1.807, 2.05) is 26.8 Å². The third-order valence-electron chi connectivity index (χ3n) is 2.88. The molecule has 0 atom stereocenters. The first-order chi connectivity index (χ1) is 10.3. The lowest BCUT2D eigenvalue weighted by molar-refractivity contribution is -0.389. The highest BCUT2D eigenvalue weighted by Crippen LogP contribution is 2.21. The lowest BCUT2D eigenvalue weighted by Gasteiger charge is -2.20. The highest BCUT2D eigenvalue weighted by Gasteiger charge is 2.16. The first-order valence-electron chi connectivity index (χ1n) is 6.80. The molecule has 0 aliphatic heterocycles. The zero-order valence-electron chi connectivity index (χ0n) is 12.7. The minimum atomic E-state index is -0.545. The molecule has 2 aromatic rings. The number of pyridine rings is 1. The topological polar surface area (TPSA) is 85.1 Å². The van der Waals surface area contributed by atoms with Crippen molar-refractivity contribution in [3.63, 3.8) is 0 Å². The maximum Gasteiger partial charge on any atom is 0.363 e. The standard InChI is InChI=1S/C16H17N3O3/c1-16(2,3)18-15(20)12-6-4-5-11(9-12)13-7-8-14(17-10-13)19(21)22/h4-10H,1-3H3,(H,18,20). The summed E-state index contributed by atoms with van der Waals surface area (Å²) < 4.78 is 0. The van der Waals surface area contributed by atoms with E-state index in [1.165, 1.54) is 12.3 Å². The summed E-state index contributed by atoms with van der Waals surface area (Å²) in [6, 6.07) is 10.0. The van der Waals surface area contributed by atoms with Gasteiger partial charge in [0.25, 0.3) is 5.91 Å². The van der Waals surface area contributed by atoms with Gasteiger partial charge < -0.3 is 15.4 Å². The fourth-order valence-electron chi connectivity index (χ4n) is 1.92. The van der Waals surface area contributed by atoms with Crippen LogP contribution in [0.25, 0.3) is 11.1 Å². The van der Waals surface area contributed by atoms with Crippen molar-refractivity contribution in [3.8, 4) is 11.1 Å².